The van der Waals surface area contributed by atoms with Gasteiger partial charge in [-0.15, -0.1) is 0 Å². The van der Waals surface area contributed by atoms with Crippen LogP contribution in [0.4, 0.5) is 4.39 Å². The number of benzene rings is 2. The molecule has 0 amide bonds. The number of hydrogen-bond donors (Lipinski definition) is 0. The summed E-state index contributed by atoms with van der Waals surface area (Å²) in [6, 6.07) is 13.2. The average Bonchev–Trinajstić information content (AvgIpc) is 3.34. The molecule has 5 rings (SSSR count). The van der Waals surface area contributed by atoms with Crippen LogP contribution in [0.25, 0.3) is 27.5 Å². The van der Waals surface area contributed by atoms with E-state index in [2.05, 4.69) is 27.9 Å². The van der Waals surface area contributed by atoms with Crippen LogP contribution in [0.1, 0.15) is 38.3 Å². The van der Waals surface area contributed by atoms with E-state index >= 15 is 0 Å². The normalized spacial score (nSPS) is 15.7. The van der Waals surface area contributed by atoms with Gasteiger partial charge in [-0.2, -0.15) is 5.10 Å². The predicted octanol–water partition coefficient (Wildman–Crippen LogP) is 5.24. The summed E-state index contributed by atoms with van der Waals surface area (Å²) in [5.41, 5.74) is 3.78. The Balaban J connectivity index is 1.70. The Hall–Kier alpha value is -2.99. The van der Waals surface area contributed by atoms with Gasteiger partial charge in [0.15, 0.2) is 0 Å². The van der Waals surface area contributed by atoms with E-state index in [9.17, 15) is 9.18 Å². The third kappa shape index (κ3) is 3.65. The van der Waals surface area contributed by atoms with Crippen molar-refractivity contribution in [3.8, 4) is 5.69 Å². The van der Waals surface area contributed by atoms with Crippen molar-refractivity contribution in [3.63, 3.8) is 0 Å². The van der Waals surface area contributed by atoms with E-state index < -0.39 is 5.41 Å². The van der Waals surface area contributed by atoms with Crippen LogP contribution in [0.15, 0.2) is 48.7 Å². The monoisotopic (exact) mass is 419 g/mol. The van der Waals surface area contributed by atoms with Gasteiger partial charge in [-0.3, -0.25) is 4.68 Å². The molecule has 0 aliphatic carbocycles. The fourth-order valence-corrected chi connectivity index (χ4v) is 4.52. The minimum absolute atomic E-state index is 0.241. The predicted molar refractivity (Wildman–Crippen MR) is 119 cm³/mol. The quantitative estimate of drug-likeness (QED) is 0.416. The molecule has 0 unspecified atom stereocenters. The van der Waals surface area contributed by atoms with Gasteiger partial charge < -0.3 is 14.1 Å². The number of fused-ring (bicyclic) bond motifs is 2. The first-order valence-corrected chi connectivity index (χ1v) is 10.8. The molecule has 1 saturated heterocycles. The van der Waals surface area contributed by atoms with Gasteiger partial charge in [-0.05, 0) is 55.3 Å². The van der Waals surface area contributed by atoms with E-state index in [-0.39, 0.29) is 5.82 Å². The van der Waals surface area contributed by atoms with E-state index in [0.29, 0.717) is 12.5 Å². The van der Waals surface area contributed by atoms with Crippen molar-refractivity contribution in [1.82, 2.24) is 14.3 Å². The lowest BCUT2D eigenvalue weighted by atomic mass is 9.96. The Morgan fingerprint density at radius 3 is 2.52 bits per heavy atom. The maximum absolute atomic E-state index is 13.6. The maximum atomic E-state index is 13.6. The summed E-state index contributed by atoms with van der Waals surface area (Å²) in [5, 5.41) is 6.68. The molecule has 0 saturated carbocycles. The lowest BCUT2D eigenvalue weighted by Crippen LogP contribution is -2.21. The summed E-state index contributed by atoms with van der Waals surface area (Å²) >= 11 is 0. The zero-order valence-corrected chi connectivity index (χ0v) is 17.8. The highest BCUT2D eigenvalue weighted by Crippen LogP contribution is 2.36. The zero-order chi connectivity index (χ0) is 21.6. The lowest BCUT2D eigenvalue weighted by Gasteiger charge is -2.24. The summed E-state index contributed by atoms with van der Waals surface area (Å²) in [4.78, 5) is 11.4. The molecule has 0 spiro atoms. The van der Waals surface area contributed by atoms with Crippen LogP contribution in [0.5, 0.6) is 0 Å². The molecule has 160 valence electrons. The first-order chi connectivity index (χ1) is 14.9. The van der Waals surface area contributed by atoms with Crippen LogP contribution < -0.4 is 0 Å². The van der Waals surface area contributed by atoms with Crippen molar-refractivity contribution in [1.29, 1.82) is 0 Å². The topological polar surface area (TPSA) is 49.1 Å². The Bertz CT molecular complexity index is 1250. The molecule has 2 aromatic heterocycles. The van der Waals surface area contributed by atoms with Crippen LogP contribution in [0.2, 0.25) is 0 Å². The standard InChI is InChI=1S/C25H26FN3O2/c1-25(2,16-30)15-28-22-11-18-12-23(17-7-9-31-10-8-17)29(21-5-3-20(26)4-6-21)24(18)13-19(22)14-27-28/h3-6,11-14,16-17H,7-10,15H2,1-2H3. The zero-order valence-electron chi connectivity index (χ0n) is 17.8. The molecular weight excluding hydrogens is 393 g/mol. The van der Waals surface area contributed by atoms with Gasteiger partial charge in [0.25, 0.3) is 0 Å². The number of aldehydes is 1. The molecule has 2 aromatic carbocycles. The second-order valence-corrected chi connectivity index (χ2v) is 9.15. The fraction of sp³-hybridized carbons (Fsp3) is 0.360. The second-order valence-electron chi connectivity index (χ2n) is 9.15. The lowest BCUT2D eigenvalue weighted by molar-refractivity contribution is -0.115. The van der Waals surface area contributed by atoms with Crippen molar-refractivity contribution in [2.24, 2.45) is 5.41 Å². The highest BCUT2D eigenvalue weighted by Gasteiger charge is 2.24. The van der Waals surface area contributed by atoms with Gasteiger partial charge >= 0.3 is 0 Å². The van der Waals surface area contributed by atoms with Crippen molar-refractivity contribution in [2.75, 3.05) is 13.2 Å². The molecule has 1 aliphatic rings. The van der Waals surface area contributed by atoms with E-state index in [0.717, 1.165) is 59.8 Å². The van der Waals surface area contributed by atoms with Crippen LogP contribution in [0.3, 0.4) is 0 Å². The van der Waals surface area contributed by atoms with Crippen LogP contribution in [-0.2, 0) is 16.1 Å². The summed E-state index contributed by atoms with van der Waals surface area (Å²) in [5.74, 6) is 0.147. The van der Waals surface area contributed by atoms with Crippen molar-refractivity contribution >= 4 is 28.1 Å². The number of halogens is 1. The fourth-order valence-electron chi connectivity index (χ4n) is 4.52. The van der Waals surface area contributed by atoms with Gasteiger partial charge in [-0.1, -0.05) is 13.8 Å². The summed E-state index contributed by atoms with van der Waals surface area (Å²) < 4.78 is 23.3. The second kappa shape index (κ2) is 7.61. The largest absolute Gasteiger partial charge is 0.381 e. The minimum Gasteiger partial charge on any atom is -0.381 e. The summed E-state index contributed by atoms with van der Waals surface area (Å²) in [7, 11) is 0. The molecule has 0 N–H and O–H groups in total. The number of hydrogen-bond acceptors (Lipinski definition) is 3. The molecule has 0 bridgehead atoms. The van der Waals surface area contributed by atoms with E-state index in [4.69, 9.17) is 4.74 Å². The molecular formula is C25H26FN3O2. The minimum atomic E-state index is -0.485. The number of nitrogens with zero attached hydrogens (tertiary/aromatic N) is 3. The Labute approximate surface area is 180 Å². The van der Waals surface area contributed by atoms with Gasteiger partial charge in [0.2, 0.25) is 0 Å². The van der Waals surface area contributed by atoms with E-state index in [1.54, 1.807) is 0 Å². The van der Waals surface area contributed by atoms with E-state index in [1.165, 1.54) is 17.8 Å². The number of carbonyl (C=O) groups excluding carboxylic acids is 1. The molecule has 3 heterocycles. The smallest absolute Gasteiger partial charge is 0.127 e. The first-order valence-electron chi connectivity index (χ1n) is 10.8. The third-order valence-corrected chi connectivity index (χ3v) is 6.19. The molecule has 31 heavy (non-hydrogen) atoms. The third-order valence-electron chi connectivity index (χ3n) is 6.19. The number of rotatable bonds is 5. The molecule has 4 aromatic rings. The first kappa shape index (κ1) is 19.9. The Kier molecular flexibility index (Phi) is 4.89. The summed E-state index contributed by atoms with van der Waals surface area (Å²) in [6.07, 6.45) is 4.77. The molecule has 0 atom stereocenters. The Morgan fingerprint density at radius 2 is 1.81 bits per heavy atom. The summed E-state index contributed by atoms with van der Waals surface area (Å²) in [6.45, 7) is 5.87. The van der Waals surface area contributed by atoms with Crippen molar-refractivity contribution < 1.29 is 13.9 Å². The molecule has 1 fully saturated rings. The average molecular weight is 420 g/mol. The van der Waals surface area contributed by atoms with Gasteiger partial charge in [0.1, 0.15) is 12.1 Å². The van der Waals surface area contributed by atoms with Gasteiger partial charge in [0.05, 0.1) is 23.8 Å². The van der Waals surface area contributed by atoms with Gasteiger partial charge in [-0.25, -0.2) is 4.39 Å². The number of aromatic nitrogens is 3. The molecule has 5 nitrogen and oxygen atoms in total. The number of ether oxygens (including phenoxy) is 1. The van der Waals surface area contributed by atoms with Crippen LogP contribution >= 0.6 is 0 Å². The molecule has 6 heteroatoms. The SMILES string of the molecule is CC(C)(C=O)Cn1ncc2cc3c(cc(C4CCOCC4)n3-c3ccc(F)cc3)cc21. The maximum Gasteiger partial charge on any atom is 0.127 e. The van der Waals surface area contributed by atoms with Gasteiger partial charge in [0, 0.05) is 46.7 Å². The van der Waals surface area contributed by atoms with E-state index in [1.807, 2.05) is 36.9 Å². The van der Waals surface area contributed by atoms with Crippen molar-refractivity contribution in [3.05, 3.63) is 60.2 Å². The molecule has 0 radical (unpaired) electrons. The highest BCUT2D eigenvalue weighted by molar-refractivity contribution is 5.97. The Morgan fingerprint density at radius 1 is 1.10 bits per heavy atom. The highest BCUT2D eigenvalue weighted by atomic mass is 19.1. The van der Waals surface area contributed by atoms with Crippen LogP contribution in [0, 0.1) is 11.2 Å². The van der Waals surface area contributed by atoms with Crippen LogP contribution in [-0.4, -0.2) is 33.8 Å². The van der Waals surface area contributed by atoms with Crippen molar-refractivity contribution in [2.45, 2.75) is 39.2 Å². The number of carbonyl (C=O) groups is 1. The molecule has 1 aliphatic heterocycles.